The maximum atomic E-state index is 13.4. The molecular weight excluding hydrogens is 855 g/mol. The van der Waals surface area contributed by atoms with E-state index in [1.165, 1.54) is 26.6 Å². The lowest BCUT2D eigenvalue weighted by Crippen LogP contribution is -2.63. The van der Waals surface area contributed by atoms with Crippen LogP contribution in [0.4, 0.5) is 5.95 Å². The summed E-state index contributed by atoms with van der Waals surface area (Å²) in [6.45, 7) is 1.70. The molecule has 0 spiro atoms. The highest BCUT2D eigenvalue weighted by molar-refractivity contribution is 7.45. The molecule has 3 saturated heterocycles. The number of nitrogens with zero attached hydrogens (tertiary/aromatic N) is 3. The molecule has 62 heavy (non-hydrogen) atoms. The standard InChI is InChI=1S/C29H32O13.C7H10N4O4.H3O4P/c1-11-36-9-20-27(40-11)24(31)25(32)29(41-20)42-26-14-7-17-16(38-10-39-17)6-13(14)21(22-15(26)8-37-28(22)33)12-4-18(34-2)23(30)19(5-12)35-3;12-4-2-8-6(13)5-10-3-1-9-7(10)11(14)15;1-5(2,3)4/h4-7,11,15,20-22,24-27,29-32H,8-10H2,1-3H3;1,3,12H,2,4-5H2,(H,8,13);(H3,1,2,3,4)/t11-,15+,20-,21-,22+,24-,25-,26-,27-,29+;;/m1../s1. The molecule has 1 amide bonds. The Morgan fingerprint density at radius 1 is 1.02 bits per heavy atom. The molecule has 3 aromatic rings. The molecule has 0 unspecified atom stereocenters. The SMILES string of the molecule is COc1cc([C@@H]2c3cc4c(cc3[C@@H](O[C@@H]3O[C@@H]5CO[C@@H](C)O[C@H]5[C@H](O)[C@H]3O)[C@H]3COC(=O)[C@H]23)OCO4)cc(OC)c1O.O=C(Cn1ccnc1[N+](=O)[O-])NCCO.O=P(O)(O)O. The van der Waals surface area contributed by atoms with Gasteiger partial charge in [0.05, 0.1) is 46.1 Å². The highest BCUT2D eigenvalue weighted by atomic mass is 31.2. The Kier molecular flexibility index (Phi) is 14.5. The number of nitro groups is 1. The fraction of sp³-hybridized carbons (Fsp3) is 0.528. The number of carbonyl (C=O) groups excluding carboxylic acids is 2. The molecule has 8 rings (SSSR count). The lowest BCUT2D eigenvalue weighted by molar-refractivity contribution is -0.396. The molecule has 10 atom stereocenters. The number of rotatable bonds is 10. The zero-order valence-corrected chi connectivity index (χ0v) is 34.0. The summed E-state index contributed by atoms with van der Waals surface area (Å²) in [5.74, 6) is -1.82. The fourth-order valence-electron chi connectivity index (χ4n) is 7.74. The molecule has 0 radical (unpaired) electrons. The van der Waals surface area contributed by atoms with Crippen LogP contribution >= 0.6 is 7.82 Å². The molecule has 340 valence electrons. The molecule has 5 heterocycles. The van der Waals surface area contributed by atoms with Crippen LogP contribution in [-0.2, 0) is 44.4 Å². The van der Waals surface area contributed by atoms with Gasteiger partial charge in [0, 0.05) is 18.4 Å². The van der Waals surface area contributed by atoms with Gasteiger partial charge in [-0.3, -0.25) is 9.59 Å². The number of aromatic hydroxyl groups is 1. The quantitative estimate of drug-likeness (QED) is 0.0540. The van der Waals surface area contributed by atoms with Gasteiger partial charge in [0.2, 0.25) is 12.5 Å². The molecule has 4 aliphatic heterocycles. The number of phenolic OH excluding ortho intramolecular Hbond substituents is 1. The molecule has 3 fully saturated rings. The van der Waals surface area contributed by atoms with E-state index in [1.54, 1.807) is 31.2 Å². The average Bonchev–Trinajstić information content (AvgIpc) is 3.99. The van der Waals surface area contributed by atoms with Crippen LogP contribution in [0.2, 0.25) is 0 Å². The number of amides is 1. The molecular formula is C36H45N4O21P. The van der Waals surface area contributed by atoms with Crippen molar-refractivity contribution in [1.29, 1.82) is 0 Å². The van der Waals surface area contributed by atoms with Crippen molar-refractivity contribution in [3.8, 4) is 28.7 Å². The summed E-state index contributed by atoms with van der Waals surface area (Å²) in [5.41, 5.74) is 2.01. The van der Waals surface area contributed by atoms with Crippen LogP contribution in [0.1, 0.15) is 35.6 Å². The van der Waals surface area contributed by atoms with Crippen LogP contribution < -0.4 is 24.3 Å². The van der Waals surface area contributed by atoms with E-state index in [9.17, 15) is 35.0 Å². The Morgan fingerprint density at radius 2 is 1.66 bits per heavy atom. The predicted molar refractivity (Wildman–Crippen MR) is 202 cm³/mol. The lowest BCUT2D eigenvalue weighted by Gasteiger charge is -2.47. The van der Waals surface area contributed by atoms with Crippen molar-refractivity contribution in [1.82, 2.24) is 14.9 Å². The number of esters is 1. The van der Waals surface area contributed by atoms with E-state index in [0.717, 1.165) is 4.57 Å². The second-order valence-electron chi connectivity index (χ2n) is 14.2. The Bertz CT molecular complexity index is 2110. The Labute approximate surface area is 350 Å². The number of ether oxygens (including phenoxy) is 9. The molecule has 5 aliphatic rings. The summed E-state index contributed by atoms with van der Waals surface area (Å²) in [6, 6.07) is 6.93. The average molecular weight is 901 g/mol. The zero-order chi connectivity index (χ0) is 45.0. The van der Waals surface area contributed by atoms with Crippen molar-refractivity contribution >= 4 is 25.6 Å². The molecule has 1 aliphatic carbocycles. The maximum Gasteiger partial charge on any atom is 0.466 e. The molecule has 0 saturated carbocycles. The molecule has 8 N–H and O–H groups in total. The van der Waals surface area contributed by atoms with Gasteiger partial charge in [-0.1, -0.05) is 4.98 Å². The minimum absolute atomic E-state index is 0.0301. The van der Waals surface area contributed by atoms with Crippen LogP contribution in [0.5, 0.6) is 28.7 Å². The lowest BCUT2D eigenvalue weighted by atomic mass is 9.66. The van der Waals surface area contributed by atoms with E-state index in [1.807, 2.05) is 0 Å². The topological polar surface area (TPSA) is 349 Å². The second kappa shape index (κ2) is 19.5. The third-order valence-corrected chi connectivity index (χ3v) is 10.4. The van der Waals surface area contributed by atoms with Crippen molar-refractivity contribution < 1.29 is 96.8 Å². The number of hydrogen-bond donors (Lipinski definition) is 8. The number of aromatic nitrogens is 2. The Hall–Kier alpha value is -5.18. The van der Waals surface area contributed by atoms with Crippen molar-refractivity contribution in [2.75, 3.05) is 47.4 Å². The van der Waals surface area contributed by atoms with E-state index >= 15 is 0 Å². The van der Waals surface area contributed by atoms with Crippen molar-refractivity contribution in [3.05, 3.63) is 63.5 Å². The van der Waals surface area contributed by atoms with Gasteiger partial charge in [0.15, 0.2) is 42.1 Å². The van der Waals surface area contributed by atoms with Crippen molar-refractivity contribution in [3.63, 3.8) is 0 Å². The number of hydrogen-bond acceptors (Lipinski definition) is 19. The number of aliphatic hydroxyl groups is 3. The van der Waals surface area contributed by atoms with Crippen molar-refractivity contribution in [2.24, 2.45) is 11.8 Å². The first-order valence-electron chi connectivity index (χ1n) is 18.7. The van der Waals surface area contributed by atoms with Crippen molar-refractivity contribution in [2.45, 2.75) is 62.5 Å². The first-order chi connectivity index (χ1) is 29.4. The predicted octanol–water partition coefficient (Wildman–Crippen LogP) is -0.690. The van der Waals surface area contributed by atoms with Crippen LogP contribution in [-0.4, -0.2) is 146 Å². The number of fused-ring (bicyclic) bond motifs is 4. The Balaban J connectivity index is 0.000000267. The van der Waals surface area contributed by atoms with E-state index in [2.05, 4.69) is 10.3 Å². The number of nitrogens with one attached hydrogen (secondary N) is 1. The summed E-state index contributed by atoms with van der Waals surface area (Å²) in [6.07, 6.45) is -4.21. The van der Waals surface area contributed by atoms with Gasteiger partial charge in [0.1, 0.15) is 36.8 Å². The summed E-state index contributed by atoms with van der Waals surface area (Å²) in [5, 5.41) is 53.8. The smallest absolute Gasteiger partial charge is 0.466 e. The largest absolute Gasteiger partial charge is 0.502 e. The number of benzene rings is 2. The monoisotopic (exact) mass is 900 g/mol. The molecule has 2 aromatic carbocycles. The molecule has 26 heteroatoms. The van der Waals surface area contributed by atoms with Gasteiger partial charge in [0.25, 0.3) is 5.91 Å². The van der Waals surface area contributed by atoms with Gasteiger partial charge >= 0.3 is 19.7 Å². The van der Waals surface area contributed by atoms with E-state index in [0.29, 0.717) is 28.2 Å². The molecule has 0 bridgehead atoms. The minimum atomic E-state index is -4.64. The Morgan fingerprint density at radius 3 is 2.27 bits per heavy atom. The first kappa shape index (κ1) is 46.3. The summed E-state index contributed by atoms with van der Waals surface area (Å²) in [4.78, 5) is 59.3. The summed E-state index contributed by atoms with van der Waals surface area (Å²) < 4.78 is 61.5. The van der Waals surface area contributed by atoms with Gasteiger partial charge in [-0.15, -0.1) is 0 Å². The second-order valence-corrected chi connectivity index (χ2v) is 15.2. The van der Waals surface area contributed by atoms with Gasteiger partial charge in [-0.25, -0.2) is 9.13 Å². The number of cyclic esters (lactones) is 1. The fourth-order valence-corrected chi connectivity index (χ4v) is 7.74. The van der Waals surface area contributed by atoms with Crippen LogP contribution in [0.15, 0.2) is 36.7 Å². The number of methoxy groups -OCH3 is 2. The van der Waals surface area contributed by atoms with Crippen LogP contribution in [0.25, 0.3) is 0 Å². The molecule has 1 aromatic heterocycles. The van der Waals surface area contributed by atoms with Crippen LogP contribution in [0.3, 0.4) is 0 Å². The maximum absolute atomic E-state index is 13.4. The van der Waals surface area contributed by atoms with Gasteiger partial charge in [-0.05, 0) is 52.8 Å². The highest BCUT2D eigenvalue weighted by Crippen LogP contribution is 2.57. The third kappa shape index (κ3) is 10.2. The number of aliphatic hydroxyl groups excluding tert-OH is 3. The molecule has 25 nitrogen and oxygen atoms in total. The summed E-state index contributed by atoms with van der Waals surface area (Å²) in [7, 11) is -1.78. The number of phosphoric acid groups is 1. The van der Waals surface area contributed by atoms with Gasteiger partial charge in [-0.2, -0.15) is 0 Å². The number of carbonyl (C=O) groups is 2. The number of phenols is 1. The first-order valence-corrected chi connectivity index (χ1v) is 20.3. The minimum Gasteiger partial charge on any atom is -0.502 e. The van der Waals surface area contributed by atoms with Gasteiger partial charge < -0.3 is 93.2 Å². The van der Waals surface area contributed by atoms with E-state index in [-0.39, 0.29) is 62.9 Å². The summed E-state index contributed by atoms with van der Waals surface area (Å²) >= 11 is 0. The number of imidazole rings is 1. The van der Waals surface area contributed by atoms with E-state index < -0.39 is 85.5 Å². The zero-order valence-electron chi connectivity index (χ0n) is 33.1. The third-order valence-electron chi connectivity index (χ3n) is 10.4. The normalized spacial score (nSPS) is 28.0. The van der Waals surface area contributed by atoms with Crippen LogP contribution in [0, 0.1) is 22.0 Å². The van der Waals surface area contributed by atoms with E-state index in [4.69, 9.17) is 67.0 Å². The highest BCUT2D eigenvalue weighted by Gasteiger charge is 2.56.